The molecule has 0 aromatic rings. The van der Waals surface area contributed by atoms with Crippen molar-refractivity contribution in [2.45, 2.75) is 19.2 Å². The van der Waals surface area contributed by atoms with Crippen molar-refractivity contribution in [3.8, 4) is 12.3 Å². The second-order valence-corrected chi connectivity index (χ2v) is 2.00. The van der Waals surface area contributed by atoms with E-state index >= 15 is 0 Å². The summed E-state index contributed by atoms with van der Waals surface area (Å²) in [6, 6.07) is 0. The molecule has 1 atom stereocenters. The summed E-state index contributed by atoms with van der Waals surface area (Å²) in [5.41, 5.74) is -0.278. The molecule has 1 unspecified atom stereocenters. The first-order valence-electron chi connectivity index (χ1n) is 2.77. The van der Waals surface area contributed by atoms with Crippen molar-refractivity contribution in [2.75, 3.05) is 0 Å². The van der Waals surface area contributed by atoms with Gasteiger partial charge in [-0.15, -0.1) is 6.42 Å². The average Bonchev–Trinajstić information content (AvgIpc) is 1.82. The monoisotopic (exact) mass is 164 g/mol. The highest BCUT2D eigenvalue weighted by molar-refractivity contribution is 5.17. The molecule has 0 aliphatic heterocycles. The molecule has 0 saturated carbocycles. The van der Waals surface area contributed by atoms with E-state index in [4.69, 9.17) is 5.11 Å². The fourth-order valence-corrected chi connectivity index (χ4v) is 0.469. The quantitative estimate of drug-likeness (QED) is 0.459. The molecule has 0 aliphatic carbocycles. The summed E-state index contributed by atoms with van der Waals surface area (Å²) in [4.78, 5) is 0. The molecular formula is C7H7F3O. The zero-order valence-corrected chi connectivity index (χ0v) is 5.81. The van der Waals surface area contributed by atoms with Gasteiger partial charge in [0.25, 0.3) is 0 Å². The van der Waals surface area contributed by atoms with Gasteiger partial charge in [0, 0.05) is 6.08 Å². The fourth-order valence-electron chi connectivity index (χ4n) is 0.469. The van der Waals surface area contributed by atoms with Gasteiger partial charge in [-0.25, -0.2) is 0 Å². The molecule has 0 radical (unpaired) electrons. The maximum atomic E-state index is 11.5. The number of alkyl halides is 3. The smallest absolute Gasteiger partial charge is 0.376 e. The zero-order chi connectivity index (χ0) is 9.07. The first-order chi connectivity index (χ1) is 4.87. The van der Waals surface area contributed by atoms with Crippen LogP contribution in [0.5, 0.6) is 0 Å². The van der Waals surface area contributed by atoms with Crippen molar-refractivity contribution in [1.82, 2.24) is 0 Å². The molecule has 1 N–H and O–H groups in total. The van der Waals surface area contributed by atoms with Gasteiger partial charge in [-0.3, -0.25) is 0 Å². The van der Waals surface area contributed by atoms with E-state index in [0.717, 1.165) is 6.92 Å². The van der Waals surface area contributed by atoms with Crippen LogP contribution in [0.2, 0.25) is 0 Å². The molecule has 11 heavy (non-hydrogen) atoms. The number of aliphatic hydroxyl groups excluding tert-OH is 1. The molecular weight excluding hydrogens is 157 g/mol. The number of hydrogen-bond donors (Lipinski definition) is 1. The van der Waals surface area contributed by atoms with E-state index in [0.29, 0.717) is 0 Å². The molecule has 0 bridgehead atoms. The van der Waals surface area contributed by atoms with Crippen LogP contribution in [0.1, 0.15) is 6.92 Å². The highest BCUT2D eigenvalue weighted by atomic mass is 19.4. The van der Waals surface area contributed by atoms with Crippen molar-refractivity contribution in [3.63, 3.8) is 0 Å². The van der Waals surface area contributed by atoms with E-state index in [1.54, 1.807) is 5.92 Å². The Kier molecular flexibility index (Phi) is 3.15. The standard InChI is InChI=1S/C7H7F3O/c1-3-6(11)5(2)4-7(8,9)10/h1,4,6,11H,2H3. The lowest BCUT2D eigenvalue weighted by Gasteiger charge is -2.05. The predicted molar refractivity (Wildman–Crippen MR) is 34.7 cm³/mol. The predicted octanol–water partition coefficient (Wildman–Crippen LogP) is 1.49. The Morgan fingerprint density at radius 2 is 2.09 bits per heavy atom. The van der Waals surface area contributed by atoms with Gasteiger partial charge < -0.3 is 5.11 Å². The Hall–Kier alpha value is -0.950. The van der Waals surface area contributed by atoms with Crippen molar-refractivity contribution in [3.05, 3.63) is 11.6 Å². The van der Waals surface area contributed by atoms with E-state index in [-0.39, 0.29) is 11.6 Å². The maximum absolute atomic E-state index is 11.5. The maximum Gasteiger partial charge on any atom is 0.409 e. The third-order valence-corrected chi connectivity index (χ3v) is 0.981. The second-order valence-electron chi connectivity index (χ2n) is 2.00. The van der Waals surface area contributed by atoms with Gasteiger partial charge >= 0.3 is 6.18 Å². The van der Waals surface area contributed by atoms with Crippen molar-refractivity contribution < 1.29 is 18.3 Å². The molecule has 0 spiro atoms. The van der Waals surface area contributed by atoms with Crippen molar-refractivity contribution >= 4 is 0 Å². The van der Waals surface area contributed by atoms with E-state index in [2.05, 4.69) is 6.42 Å². The van der Waals surface area contributed by atoms with E-state index in [1.165, 1.54) is 0 Å². The van der Waals surface area contributed by atoms with Gasteiger partial charge in [-0.1, -0.05) is 5.92 Å². The number of terminal acetylenes is 1. The summed E-state index contributed by atoms with van der Waals surface area (Å²) in [7, 11) is 0. The van der Waals surface area contributed by atoms with E-state index in [1.807, 2.05) is 0 Å². The largest absolute Gasteiger partial charge is 0.409 e. The second kappa shape index (κ2) is 3.44. The fraction of sp³-hybridized carbons (Fsp3) is 0.429. The molecule has 0 rings (SSSR count). The van der Waals surface area contributed by atoms with E-state index in [9.17, 15) is 13.2 Å². The van der Waals surface area contributed by atoms with Crippen LogP contribution in [0.4, 0.5) is 13.2 Å². The first kappa shape index (κ1) is 10.0. The van der Waals surface area contributed by atoms with Gasteiger partial charge in [0.05, 0.1) is 0 Å². The Morgan fingerprint density at radius 1 is 1.64 bits per heavy atom. The van der Waals surface area contributed by atoms with Crippen LogP contribution in [-0.4, -0.2) is 17.4 Å². The molecule has 0 saturated heterocycles. The Morgan fingerprint density at radius 3 is 2.36 bits per heavy atom. The summed E-state index contributed by atoms with van der Waals surface area (Å²) in [6.07, 6.45) is -1.20. The average molecular weight is 164 g/mol. The number of allylic oxidation sites excluding steroid dienone is 1. The first-order valence-corrected chi connectivity index (χ1v) is 2.77. The minimum Gasteiger partial charge on any atom is -0.376 e. The summed E-state index contributed by atoms with van der Waals surface area (Å²) in [5, 5.41) is 8.69. The van der Waals surface area contributed by atoms with Gasteiger partial charge in [-0.05, 0) is 12.5 Å². The van der Waals surface area contributed by atoms with Crippen LogP contribution in [0.25, 0.3) is 0 Å². The van der Waals surface area contributed by atoms with Gasteiger partial charge in [0.15, 0.2) is 0 Å². The van der Waals surface area contributed by atoms with E-state index < -0.39 is 12.3 Å². The molecule has 0 amide bonds. The van der Waals surface area contributed by atoms with Gasteiger partial charge in [-0.2, -0.15) is 13.2 Å². The summed E-state index contributed by atoms with van der Waals surface area (Å²) < 4.78 is 34.6. The molecule has 62 valence electrons. The Bertz CT molecular complexity index is 197. The number of rotatable bonds is 1. The molecule has 4 heteroatoms. The van der Waals surface area contributed by atoms with Crippen LogP contribution in [0.15, 0.2) is 11.6 Å². The highest BCUT2D eigenvalue weighted by Crippen LogP contribution is 2.19. The Labute approximate surface area is 62.5 Å². The van der Waals surface area contributed by atoms with Crippen LogP contribution >= 0.6 is 0 Å². The highest BCUT2D eigenvalue weighted by Gasteiger charge is 2.24. The third kappa shape index (κ3) is 4.45. The summed E-state index contributed by atoms with van der Waals surface area (Å²) >= 11 is 0. The number of halogens is 3. The van der Waals surface area contributed by atoms with Gasteiger partial charge in [0.2, 0.25) is 0 Å². The minimum atomic E-state index is -4.41. The SMILES string of the molecule is C#CC(O)C(C)=CC(F)(F)F. The third-order valence-electron chi connectivity index (χ3n) is 0.981. The molecule has 1 nitrogen and oxygen atoms in total. The summed E-state index contributed by atoms with van der Waals surface area (Å²) in [5.74, 6) is 1.77. The zero-order valence-electron chi connectivity index (χ0n) is 5.81. The summed E-state index contributed by atoms with van der Waals surface area (Å²) in [6.45, 7) is 1.12. The van der Waals surface area contributed by atoms with Crippen molar-refractivity contribution in [2.24, 2.45) is 0 Å². The topological polar surface area (TPSA) is 20.2 Å². The lowest BCUT2D eigenvalue weighted by molar-refractivity contribution is -0.0810. The number of aliphatic hydroxyl groups is 1. The van der Waals surface area contributed by atoms with Gasteiger partial charge in [0.1, 0.15) is 6.10 Å². The van der Waals surface area contributed by atoms with Crippen LogP contribution in [-0.2, 0) is 0 Å². The van der Waals surface area contributed by atoms with Crippen LogP contribution in [0.3, 0.4) is 0 Å². The molecule has 0 heterocycles. The molecule has 0 aromatic carbocycles. The normalized spacial score (nSPS) is 15.8. The lowest BCUT2D eigenvalue weighted by atomic mass is 10.1. The minimum absolute atomic E-state index is 0.0163. The molecule has 0 aromatic heterocycles. The van der Waals surface area contributed by atoms with Crippen molar-refractivity contribution in [1.29, 1.82) is 0 Å². The lowest BCUT2D eigenvalue weighted by Crippen LogP contribution is -2.10. The Balaban J connectivity index is 4.37. The number of hydrogen-bond acceptors (Lipinski definition) is 1. The van der Waals surface area contributed by atoms with Crippen LogP contribution in [0, 0.1) is 12.3 Å². The molecule has 0 fully saturated rings. The van der Waals surface area contributed by atoms with Crippen LogP contribution < -0.4 is 0 Å². The molecule has 0 aliphatic rings.